The molecule has 0 aromatic heterocycles. The summed E-state index contributed by atoms with van der Waals surface area (Å²) >= 11 is 0. The van der Waals surface area contributed by atoms with E-state index < -0.39 is 0 Å². The van der Waals surface area contributed by atoms with Crippen LogP contribution >= 0.6 is 0 Å². The van der Waals surface area contributed by atoms with Crippen LogP contribution in [0.25, 0.3) is 0 Å². The van der Waals surface area contributed by atoms with Crippen molar-refractivity contribution in [3.63, 3.8) is 0 Å². The van der Waals surface area contributed by atoms with Crippen molar-refractivity contribution in [1.82, 2.24) is 9.80 Å². The Kier molecular flexibility index (Phi) is 4.61. The lowest BCUT2D eigenvalue weighted by Crippen LogP contribution is -2.51. The number of nitrogens with zero attached hydrogens (tertiary/aromatic N) is 2. The molecule has 1 fully saturated rings. The maximum absolute atomic E-state index is 9.75. The van der Waals surface area contributed by atoms with Gasteiger partial charge in [-0.05, 0) is 39.4 Å². The first-order valence-corrected chi connectivity index (χ1v) is 7.13. The fourth-order valence-corrected chi connectivity index (χ4v) is 2.93. The number of hydrogen-bond acceptors (Lipinski definition) is 3. The topological polar surface area (TPSA) is 26.7 Å². The maximum Gasteiger partial charge on any atom is 0.0599 e. The van der Waals surface area contributed by atoms with Gasteiger partial charge in [-0.3, -0.25) is 4.90 Å². The number of aliphatic hydroxyl groups is 1. The van der Waals surface area contributed by atoms with Gasteiger partial charge in [0, 0.05) is 24.7 Å². The normalized spacial score (nSPS) is 25.2. The van der Waals surface area contributed by atoms with Crippen molar-refractivity contribution in [3.8, 4) is 0 Å². The molecule has 1 N–H and O–H groups in total. The smallest absolute Gasteiger partial charge is 0.0599 e. The lowest BCUT2D eigenvalue weighted by Gasteiger charge is -2.41. The van der Waals surface area contributed by atoms with Gasteiger partial charge < -0.3 is 10.0 Å². The first kappa shape index (κ1) is 14.5. The second-order valence-electron chi connectivity index (χ2n) is 6.27. The highest BCUT2D eigenvalue weighted by atomic mass is 16.3. The van der Waals surface area contributed by atoms with E-state index in [9.17, 15) is 5.11 Å². The minimum absolute atomic E-state index is 0.119. The fourth-order valence-electron chi connectivity index (χ4n) is 2.93. The number of rotatable bonds is 3. The van der Waals surface area contributed by atoms with Crippen LogP contribution in [0.3, 0.4) is 0 Å². The first-order valence-electron chi connectivity index (χ1n) is 7.13. The summed E-state index contributed by atoms with van der Waals surface area (Å²) in [7, 11) is 2.14. The van der Waals surface area contributed by atoms with Crippen LogP contribution < -0.4 is 0 Å². The number of aliphatic hydroxyl groups excluding tert-OH is 1. The molecule has 1 saturated heterocycles. The fraction of sp³-hybridized carbons (Fsp3) is 0.625. The molecule has 1 unspecified atom stereocenters. The summed E-state index contributed by atoms with van der Waals surface area (Å²) in [5.41, 5.74) is 1.44. The largest absolute Gasteiger partial charge is 0.395 e. The molecule has 3 nitrogen and oxygen atoms in total. The SMILES string of the molecule is CN1CCC(C)(C)N(Cc2ccccc2)C(CO)C1. The van der Waals surface area contributed by atoms with Crippen LogP contribution in [0, 0.1) is 0 Å². The molecule has 19 heavy (non-hydrogen) atoms. The predicted molar refractivity (Wildman–Crippen MR) is 79.1 cm³/mol. The van der Waals surface area contributed by atoms with Gasteiger partial charge in [0.05, 0.1) is 6.61 Å². The molecule has 1 aromatic rings. The number of likely N-dealkylation sites (N-methyl/N-ethyl adjacent to an activating group) is 1. The molecule has 1 heterocycles. The molecule has 1 aliphatic rings. The Labute approximate surface area is 116 Å². The average molecular weight is 262 g/mol. The summed E-state index contributed by atoms with van der Waals surface area (Å²) in [5, 5.41) is 9.75. The molecule has 0 aliphatic carbocycles. The number of benzene rings is 1. The van der Waals surface area contributed by atoms with Crippen LogP contribution in [0.4, 0.5) is 0 Å². The molecule has 3 heteroatoms. The Bertz CT molecular complexity index is 391. The highest BCUT2D eigenvalue weighted by Crippen LogP contribution is 2.27. The van der Waals surface area contributed by atoms with Crippen LogP contribution in [0.5, 0.6) is 0 Å². The molecule has 0 bridgehead atoms. The van der Waals surface area contributed by atoms with Gasteiger partial charge in [0.25, 0.3) is 0 Å². The van der Waals surface area contributed by atoms with Gasteiger partial charge in [0.1, 0.15) is 0 Å². The predicted octanol–water partition coefficient (Wildman–Crippen LogP) is 1.96. The van der Waals surface area contributed by atoms with E-state index >= 15 is 0 Å². The molecular formula is C16H26N2O. The van der Waals surface area contributed by atoms with E-state index in [1.165, 1.54) is 5.56 Å². The van der Waals surface area contributed by atoms with E-state index in [2.05, 4.69) is 55.0 Å². The van der Waals surface area contributed by atoms with Gasteiger partial charge in [-0.1, -0.05) is 30.3 Å². The summed E-state index contributed by atoms with van der Waals surface area (Å²) in [4.78, 5) is 4.79. The van der Waals surface area contributed by atoms with Crippen LogP contribution in [0.1, 0.15) is 25.8 Å². The lowest BCUT2D eigenvalue weighted by molar-refractivity contribution is 0.0344. The minimum Gasteiger partial charge on any atom is -0.395 e. The van der Waals surface area contributed by atoms with Crippen molar-refractivity contribution in [3.05, 3.63) is 35.9 Å². The van der Waals surface area contributed by atoms with Crippen LogP contribution in [0.15, 0.2) is 30.3 Å². The van der Waals surface area contributed by atoms with Gasteiger partial charge in [-0.25, -0.2) is 0 Å². The van der Waals surface area contributed by atoms with E-state index in [0.29, 0.717) is 0 Å². The van der Waals surface area contributed by atoms with Gasteiger partial charge in [0.2, 0.25) is 0 Å². The molecule has 0 radical (unpaired) electrons. The Balaban J connectivity index is 2.21. The summed E-state index contributed by atoms with van der Waals surface area (Å²) in [6.07, 6.45) is 1.13. The molecule has 106 valence electrons. The Morgan fingerprint density at radius 2 is 1.95 bits per heavy atom. The zero-order valence-corrected chi connectivity index (χ0v) is 12.3. The van der Waals surface area contributed by atoms with Crippen molar-refractivity contribution in [2.75, 3.05) is 26.7 Å². The summed E-state index contributed by atoms with van der Waals surface area (Å²) in [5.74, 6) is 0. The van der Waals surface area contributed by atoms with Crippen molar-refractivity contribution in [2.45, 2.75) is 38.4 Å². The van der Waals surface area contributed by atoms with Crippen LogP contribution in [-0.4, -0.2) is 53.2 Å². The summed E-state index contributed by atoms with van der Waals surface area (Å²) < 4.78 is 0. The van der Waals surface area contributed by atoms with E-state index in [-0.39, 0.29) is 18.2 Å². The summed E-state index contributed by atoms with van der Waals surface area (Å²) in [6, 6.07) is 10.8. The van der Waals surface area contributed by atoms with E-state index in [0.717, 1.165) is 26.1 Å². The molecule has 1 aromatic carbocycles. The monoisotopic (exact) mass is 262 g/mol. The average Bonchev–Trinajstić information content (AvgIpc) is 2.51. The van der Waals surface area contributed by atoms with E-state index in [1.54, 1.807) is 0 Å². The van der Waals surface area contributed by atoms with Crippen molar-refractivity contribution in [2.24, 2.45) is 0 Å². The van der Waals surface area contributed by atoms with E-state index in [4.69, 9.17) is 0 Å². The zero-order valence-electron chi connectivity index (χ0n) is 12.3. The maximum atomic E-state index is 9.75. The van der Waals surface area contributed by atoms with Crippen molar-refractivity contribution < 1.29 is 5.11 Å². The minimum atomic E-state index is 0.119. The molecule has 0 saturated carbocycles. The standard InChI is InChI=1S/C16H26N2O/c1-16(2)9-10-17(3)12-15(13-19)18(16)11-14-7-5-4-6-8-14/h4-8,15,19H,9-13H2,1-3H3. The van der Waals surface area contributed by atoms with Gasteiger partial charge in [-0.15, -0.1) is 0 Å². The Morgan fingerprint density at radius 1 is 1.26 bits per heavy atom. The van der Waals surface area contributed by atoms with Crippen LogP contribution in [-0.2, 0) is 6.54 Å². The molecule has 1 aliphatic heterocycles. The molecule has 2 rings (SSSR count). The van der Waals surface area contributed by atoms with Crippen molar-refractivity contribution >= 4 is 0 Å². The van der Waals surface area contributed by atoms with Gasteiger partial charge in [-0.2, -0.15) is 0 Å². The highest BCUT2D eigenvalue weighted by Gasteiger charge is 2.35. The van der Waals surface area contributed by atoms with Crippen molar-refractivity contribution in [1.29, 1.82) is 0 Å². The third-order valence-corrected chi connectivity index (χ3v) is 4.25. The second kappa shape index (κ2) is 6.04. The Morgan fingerprint density at radius 3 is 2.58 bits per heavy atom. The van der Waals surface area contributed by atoms with Gasteiger partial charge in [0.15, 0.2) is 0 Å². The molecule has 0 spiro atoms. The van der Waals surface area contributed by atoms with Crippen LogP contribution in [0.2, 0.25) is 0 Å². The zero-order chi connectivity index (χ0) is 13.9. The van der Waals surface area contributed by atoms with E-state index in [1.807, 2.05) is 6.07 Å². The third kappa shape index (κ3) is 3.56. The molecule has 0 amide bonds. The highest BCUT2D eigenvalue weighted by molar-refractivity contribution is 5.15. The molecular weight excluding hydrogens is 236 g/mol. The summed E-state index contributed by atoms with van der Waals surface area (Å²) in [6.45, 7) is 7.74. The molecule has 1 atom stereocenters. The quantitative estimate of drug-likeness (QED) is 0.902. The Hall–Kier alpha value is -0.900. The lowest BCUT2D eigenvalue weighted by atomic mass is 9.96. The second-order valence-corrected chi connectivity index (χ2v) is 6.27. The van der Waals surface area contributed by atoms with Gasteiger partial charge >= 0.3 is 0 Å². The number of hydrogen-bond donors (Lipinski definition) is 1. The first-order chi connectivity index (χ1) is 9.03. The third-order valence-electron chi connectivity index (χ3n) is 4.25.